The van der Waals surface area contributed by atoms with Crippen molar-refractivity contribution in [2.75, 3.05) is 24.2 Å². The number of carbonyl (C=O) groups is 1. The Bertz CT molecular complexity index is 490. The lowest BCUT2D eigenvalue weighted by Gasteiger charge is -2.20. The lowest BCUT2D eigenvalue weighted by atomic mass is 10.2. The van der Waals surface area contributed by atoms with E-state index in [1.54, 1.807) is 6.07 Å². The second-order valence-electron chi connectivity index (χ2n) is 4.24. The number of hydrogen-bond donors (Lipinski definition) is 1. The molecule has 0 aromatic heterocycles. The summed E-state index contributed by atoms with van der Waals surface area (Å²) in [6, 6.07) is 5.47. The summed E-state index contributed by atoms with van der Waals surface area (Å²) in [6.45, 7) is 7.73. The fraction of sp³-hybridized carbons (Fsp3) is 0.429. The van der Waals surface area contributed by atoms with Gasteiger partial charge in [-0.25, -0.2) is 0 Å². The smallest absolute Gasteiger partial charge is 0.234 e. The number of hydrogen-bond acceptors (Lipinski definition) is 3. The molecule has 0 heterocycles. The molecule has 0 aliphatic heterocycles. The van der Waals surface area contributed by atoms with Gasteiger partial charge >= 0.3 is 0 Å². The summed E-state index contributed by atoms with van der Waals surface area (Å²) in [7, 11) is 0. The second-order valence-corrected chi connectivity index (χ2v) is 6.26. The van der Waals surface area contributed by atoms with Gasteiger partial charge in [0.05, 0.1) is 5.75 Å². The van der Waals surface area contributed by atoms with E-state index in [1.165, 1.54) is 11.8 Å². The number of carbonyl (C=O) groups excluding carboxylic acids is 1. The summed E-state index contributed by atoms with van der Waals surface area (Å²) in [5.74, 6) is 0.227. The minimum atomic E-state index is -0.0792. The summed E-state index contributed by atoms with van der Waals surface area (Å²) in [5, 5.41) is 3.47. The van der Waals surface area contributed by atoms with Gasteiger partial charge in [0.2, 0.25) is 5.91 Å². The van der Waals surface area contributed by atoms with Crippen LogP contribution in [0.25, 0.3) is 0 Å². The maximum absolute atomic E-state index is 11.9. The van der Waals surface area contributed by atoms with Gasteiger partial charge in [-0.15, -0.1) is 0 Å². The van der Waals surface area contributed by atoms with Gasteiger partial charge in [-0.05, 0) is 38.5 Å². The van der Waals surface area contributed by atoms with Crippen molar-refractivity contribution in [3.63, 3.8) is 0 Å². The van der Waals surface area contributed by atoms with Crippen molar-refractivity contribution in [1.82, 2.24) is 4.90 Å². The third-order valence-electron chi connectivity index (χ3n) is 2.80. The largest absolute Gasteiger partial charge is 0.358 e. The number of benzene rings is 1. The average molecular weight is 331 g/mol. The Balaban J connectivity index is 2.47. The first-order chi connectivity index (χ1) is 9.47. The fourth-order valence-electron chi connectivity index (χ4n) is 1.57. The van der Waals surface area contributed by atoms with Gasteiger partial charge in [0, 0.05) is 23.8 Å². The van der Waals surface area contributed by atoms with E-state index in [-0.39, 0.29) is 5.91 Å². The predicted octanol–water partition coefficient (Wildman–Crippen LogP) is 3.95. The van der Waals surface area contributed by atoms with Crippen LogP contribution in [0.2, 0.25) is 5.02 Å². The van der Waals surface area contributed by atoms with Crippen LogP contribution in [-0.2, 0) is 4.79 Å². The summed E-state index contributed by atoms with van der Waals surface area (Å²) in [6.07, 6.45) is 0. The van der Waals surface area contributed by atoms with Crippen LogP contribution in [-0.4, -0.2) is 34.0 Å². The fourth-order valence-corrected chi connectivity index (χ4v) is 2.95. The molecular formula is C14H19ClN2OS2. The number of halogens is 1. The molecule has 110 valence electrons. The van der Waals surface area contributed by atoms with Crippen LogP contribution in [0.4, 0.5) is 5.69 Å². The molecule has 0 saturated carbocycles. The van der Waals surface area contributed by atoms with Crippen LogP contribution in [0.1, 0.15) is 19.4 Å². The van der Waals surface area contributed by atoms with Crippen molar-refractivity contribution in [1.29, 1.82) is 0 Å². The van der Waals surface area contributed by atoms with E-state index in [0.29, 0.717) is 16.5 Å². The van der Waals surface area contributed by atoms with E-state index in [9.17, 15) is 4.79 Å². The standard InChI is InChI=1S/C14H19ClN2OS2/c1-4-17(5-2)14(19)20-9-13(18)16-11-7-6-10(3)12(15)8-11/h6-8H,4-5,9H2,1-3H3,(H,16,18). The van der Waals surface area contributed by atoms with Crippen molar-refractivity contribution in [2.24, 2.45) is 0 Å². The summed E-state index contributed by atoms with van der Waals surface area (Å²) in [4.78, 5) is 13.9. The molecule has 1 aromatic rings. The van der Waals surface area contributed by atoms with Gasteiger partial charge in [-0.1, -0.05) is 41.6 Å². The van der Waals surface area contributed by atoms with Crippen molar-refractivity contribution < 1.29 is 4.79 Å². The number of aryl methyl sites for hydroxylation is 1. The molecule has 0 radical (unpaired) electrons. The highest BCUT2D eigenvalue weighted by Crippen LogP contribution is 2.20. The number of nitrogens with one attached hydrogen (secondary N) is 1. The first-order valence-electron chi connectivity index (χ1n) is 6.45. The Morgan fingerprint density at radius 2 is 2.05 bits per heavy atom. The Morgan fingerprint density at radius 1 is 1.40 bits per heavy atom. The SMILES string of the molecule is CCN(CC)C(=S)SCC(=O)Nc1ccc(C)c(Cl)c1. The van der Waals surface area contributed by atoms with E-state index in [4.69, 9.17) is 23.8 Å². The molecule has 20 heavy (non-hydrogen) atoms. The number of nitrogens with zero attached hydrogens (tertiary/aromatic N) is 1. The molecule has 1 amide bonds. The normalized spacial score (nSPS) is 10.2. The minimum Gasteiger partial charge on any atom is -0.358 e. The van der Waals surface area contributed by atoms with Crippen molar-refractivity contribution in [2.45, 2.75) is 20.8 Å². The monoisotopic (exact) mass is 330 g/mol. The van der Waals surface area contributed by atoms with E-state index < -0.39 is 0 Å². The molecular weight excluding hydrogens is 312 g/mol. The maximum atomic E-state index is 11.9. The number of thiocarbonyl (C=S) groups is 1. The Hall–Kier alpha value is -0.780. The van der Waals surface area contributed by atoms with Crippen LogP contribution >= 0.6 is 35.6 Å². The third kappa shape index (κ3) is 5.31. The number of amides is 1. The zero-order chi connectivity index (χ0) is 15.1. The van der Waals surface area contributed by atoms with E-state index >= 15 is 0 Å². The van der Waals surface area contributed by atoms with Crippen LogP contribution in [0.15, 0.2) is 18.2 Å². The summed E-state index contributed by atoms with van der Waals surface area (Å²) in [5.41, 5.74) is 1.70. The van der Waals surface area contributed by atoms with Crippen LogP contribution in [0, 0.1) is 6.92 Å². The minimum absolute atomic E-state index is 0.0792. The van der Waals surface area contributed by atoms with Crippen molar-refractivity contribution in [3.05, 3.63) is 28.8 Å². The molecule has 0 saturated heterocycles. The molecule has 1 N–H and O–H groups in total. The predicted molar refractivity (Wildman–Crippen MR) is 92.8 cm³/mol. The molecule has 0 bridgehead atoms. The van der Waals surface area contributed by atoms with Crippen LogP contribution in [0.3, 0.4) is 0 Å². The van der Waals surface area contributed by atoms with Crippen molar-refractivity contribution >= 4 is 51.5 Å². The number of thioether (sulfide) groups is 1. The molecule has 0 spiro atoms. The Labute approximate surface area is 135 Å². The molecule has 0 atom stereocenters. The molecule has 0 fully saturated rings. The van der Waals surface area contributed by atoms with Crippen LogP contribution < -0.4 is 5.32 Å². The van der Waals surface area contributed by atoms with E-state index in [0.717, 1.165) is 23.0 Å². The van der Waals surface area contributed by atoms with Gasteiger partial charge < -0.3 is 10.2 Å². The molecule has 1 aromatic carbocycles. The number of rotatable bonds is 5. The molecule has 1 rings (SSSR count). The van der Waals surface area contributed by atoms with E-state index in [2.05, 4.69) is 10.2 Å². The van der Waals surface area contributed by atoms with Gasteiger partial charge in [-0.2, -0.15) is 0 Å². The highest BCUT2D eigenvalue weighted by Gasteiger charge is 2.09. The van der Waals surface area contributed by atoms with E-state index in [1.807, 2.05) is 32.9 Å². The van der Waals surface area contributed by atoms with Gasteiger partial charge in [-0.3, -0.25) is 4.79 Å². The van der Waals surface area contributed by atoms with Crippen LogP contribution in [0.5, 0.6) is 0 Å². The summed E-state index contributed by atoms with van der Waals surface area (Å²) < 4.78 is 0.757. The van der Waals surface area contributed by atoms with Crippen molar-refractivity contribution in [3.8, 4) is 0 Å². The zero-order valence-electron chi connectivity index (χ0n) is 11.9. The second kappa shape index (κ2) is 8.49. The highest BCUT2D eigenvalue weighted by atomic mass is 35.5. The third-order valence-corrected chi connectivity index (χ3v) is 4.73. The van der Waals surface area contributed by atoms with Gasteiger partial charge in [0.25, 0.3) is 0 Å². The zero-order valence-corrected chi connectivity index (χ0v) is 14.3. The number of anilines is 1. The summed E-state index contributed by atoms with van der Waals surface area (Å²) >= 11 is 12.7. The highest BCUT2D eigenvalue weighted by molar-refractivity contribution is 8.23. The molecule has 0 unspecified atom stereocenters. The Morgan fingerprint density at radius 3 is 2.60 bits per heavy atom. The quantitative estimate of drug-likeness (QED) is 0.829. The lowest BCUT2D eigenvalue weighted by molar-refractivity contribution is -0.113. The molecule has 3 nitrogen and oxygen atoms in total. The molecule has 6 heteroatoms. The first-order valence-corrected chi connectivity index (χ1v) is 8.22. The Kier molecular flexibility index (Phi) is 7.34. The first kappa shape index (κ1) is 17.3. The molecule has 0 aliphatic rings. The average Bonchev–Trinajstić information content (AvgIpc) is 2.42. The lowest BCUT2D eigenvalue weighted by Crippen LogP contribution is -2.28. The molecule has 0 aliphatic carbocycles. The maximum Gasteiger partial charge on any atom is 0.234 e. The van der Waals surface area contributed by atoms with Gasteiger partial charge in [0.1, 0.15) is 4.32 Å². The van der Waals surface area contributed by atoms with Gasteiger partial charge in [0.15, 0.2) is 0 Å². The topological polar surface area (TPSA) is 32.3 Å².